The van der Waals surface area contributed by atoms with Gasteiger partial charge in [-0.05, 0) is 32.6 Å². The molecule has 0 aliphatic heterocycles. The zero-order valence-corrected chi connectivity index (χ0v) is 11.6. The molecule has 92 valence electrons. The summed E-state index contributed by atoms with van der Waals surface area (Å²) >= 11 is 1.89. The quantitative estimate of drug-likeness (QED) is 0.426. The van der Waals surface area contributed by atoms with E-state index in [9.17, 15) is 0 Å². The van der Waals surface area contributed by atoms with Crippen LogP contribution in [0.2, 0.25) is 0 Å². The molecule has 0 aromatic rings. The summed E-state index contributed by atoms with van der Waals surface area (Å²) in [5, 5.41) is 1.78. The maximum atomic E-state index is 5.43. The monoisotopic (exact) mass is 241 g/mol. The Kier molecular flexibility index (Phi) is 6.14. The van der Waals surface area contributed by atoms with Crippen molar-refractivity contribution < 1.29 is 4.74 Å². The summed E-state index contributed by atoms with van der Waals surface area (Å²) in [5.41, 5.74) is 0. The molecular formula is C13H23NOS. The smallest absolute Gasteiger partial charge is 0.0647 e. The van der Waals surface area contributed by atoms with Crippen LogP contribution >= 0.6 is 11.8 Å². The highest BCUT2D eigenvalue weighted by Crippen LogP contribution is 2.30. The molecule has 2 nitrogen and oxygen atoms in total. The standard InChI is InChI=1S/C13H23NOS/c1-5-14-11(3)16-10(2)12-7-6-8-13(9-12)15-4/h6-7,10,12-13H,5,8-9H2,1-4H3. The molecule has 3 unspecified atom stereocenters. The molecule has 3 heteroatoms. The molecule has 0 heterocycles. The van der Waals surface area contributed by atoms with E-state index in [2.05, 4.69) is 37.9 Å². The number of thioether (sulfide) groups is 1. The second-order valence-corrected chi connectivity index (χ2v) is 5.81. The molecule has 16 heavy (non-hydrogen) atoms. The topological polar surface area (TPSA) is 21.6 Å². The third-order valence-corrected chi connectivity index (χ3v) is 4.18. The van der Waals surface area contributed by atoms with Crippen LogP contribution in [-0.2, 0) is 4.74 Å². The molecule has 0 spiro atoms. The summed E-state index contributed by atoms with van der Waals surface area (Å²) in [5.74, 6) is 0.616. The molecule has 1 rings (SSSR count). The maximum absolute atomic E-state index is 5.43. The molecule has 0 saturated heterocycles. The molecule has 0 aromatic heterocycles. The molecule has 0 amide bonds. The lowest BCUT2D eigenvalue weighted by Gasteiger charge is -2.27. The molecule has 0 fully saturated rings. The van der Waals surface area contributed by atoms with Crippen LogP contribution < -0.4 is 0 Å². The first-order chi connectivity index (χ1) is 7.67. The number of allylic oxidation sites excluding steroid dienone is 1. The Morgan fingerprint density at radius 3 is 3.00 bits per heavy atom. The zero-order valence-electron chi connectivity index (χ0n) is 10.8. The normalized spacial score (nSPS) is 28.1. The number of hydrogen-bond donors (Lipinski definition) is 0. The number of nitrogens with zero attached hydrogens (tertiary/aromatic N) is 1. The molecule has 0 N–H and O–H groups in total. The van der Waals surface area contributed by atoms with Gasteiger partial charge in [0.05, 0.1) is 11.1 Å². The highest BCUT2D eigenvalue weighted by molar-refractivity contribution is 8.14. The van der Waals surface area contributed by atoms with Crippen molar-refractivity contribution in [3.63, 3.8) is 0 Å². The van der Waals surface area contributed by atoms with Gasteiger partial charge in [0.2, 0.25) is 0 Å². The van der Waals surface area contributed by atoms with Gasteiger partial charge in [-0.3, -0.25) is 4.99 Å². The second kappa shape index (κ2) is 7.13. The van der Waals surface area contributed by atoms with E-state index in [-0.39, 0.29) is 0 Å². The van der Waals surface area contributed by atoms with E-state index in [1.54, 1.807) is 0 Å². The van der Waals surface area contributed by atoms with Crippen molar-refractivity contribution in [1.82, 2.24) is 0 Å². The van der Waals surface area contributed by atoms with E-state index in [1.165, 1.54) is 5.04 Å². The van der Waals surface area contributed by atoms with Crippen molar-refractivity contribution in [1.29, 1.82) is 0 Å². The molecule has 1 aliphatic carbocycles. The van der Waals surface area contributed by atoms with Gasteiger partial charge in [-0.25, -0.2) is 0 Å². The summed E-state index contributed by atoms with van der Waals surface area (Å²) in [6.07, 6.45) is 7.20. The first kappa shape index (κ1) is 13.8. The Labute approximate surface area is 104 Å². The number of ether oxygens (including phenoxy) is 1. The molecule has 3 atom stereocenters. The molecular weight excluding hydrogens is 218 g/mol. The van der Waals surface area contributed by atoms with Gasteiger partial charge in [-0.1, -0.05) is 19.1 Å². The Morgan fingerprint density at radius 2 is 2.38 bits per heavy atom. The Balaban J connectivity index is 2.47. The van der Waals surface area contributed by atoms with Crippen LogP contribution in [0, 0.1) is 5.92 Å². The second-order valence-electron chi connectivity index (χ2n) is 4.24. The molecule has 0 aromatic carbocycles. The average molecular weight is 241 g/mol. The SMILES string of the molecule is CCN=C(C)SC(C)C1C=CCC(OC)C1. The molecule has 1 aliphatic rings. The van der Waals surface area contributed by atoms with E-state index < -0.39 is 0 Å². The lowest BCUT2D eigenvalue weighted by molar-refractivity contribution is 0.0835. The van der Waals surface area contributed by atoms with E-state index in [1.807, 2.05) is 18.9 Å². The fourth-order valence-corrected chi connectivity index (χ4v) is 3.16. The van der Waals surface area contributed by atoms with Crippen LogP contribution in [0.5, 0.6) is 0 Å². The van der Waals surface area contributed by atoms with Crippen LogP contribution in [0.1, 0.15) is 33.6 Å². The fourth-order valence-electron chi connectivity index (χ4n) is 2.04. The van der Waals surface area contributed by atoms with Gasteiger partial charge >= 0.3 is 0 Å². The highest BCUT2D eigenvalue weighted by Gasteiger charge is 2.23. The third kappa shape index (κ3) is 4.30. The van der Waals surface area contributed by atoms with Gasteiger partial charge < -0.3 is 4.74 Å². The van der Waals surface area contributed by atoms with E-state index in [4.69, 9.17) is 4.74 Å². The first-order valence-corrected chi connectivity index (χ1v) is 6.92. The van der Waals surface area contributed by atoms with Gasteiger partial charge in [0.15, 0.2) is 0 Å². The van der Waals surface area contributed by atoms with Crippen molar-refractivity contribution in [2.24, 2.45) is 10.9 Å². The van der Waals surface area contributed by atoms with Crippen LogP contribution in [0.3, 0.4) is 0 Å². The van der Waals surface area contributed by atoms with Crippen molar-refractivity contribution in [3.8, 4) is 0 Å². The number of hydrogen-bond acceptors (Lipinski definition) is 3. The van der Waals surface area contributed by atoms with Gasteiger partial charge in [0, 0.05) is 18.9 Å². The van der Waals surface area contributed by atoms with Crippen molar-refractivity contribution in [2.45, 2.75) is 45.0 Å². The van der Waals surface area contributed by atoms with Gasteiger partial charge in [0.1, 0.15) is 0 Å². The Bertz CT molecular complexity index is 263. The van der Waals surface area contributed by atoms with Crippen LogP contribution in [0.4, 0.5) is 0 Å². The summed E-state index contributed by atoms with van der Waals surface area (Å²) in [4.78, 5) is 4.42. The Morgan fingerprint density at radius 1 is 1.62 bits per heavy atom. The lowest BCUT2D eigenvalue weighted by Crippen LogP contribution is -2.24. The predicted molar refractivity (Wildman–Crippen MR) is 73.4 cm³/mol. The van der Waals surface area contributed by atoms with E-state index in [0.29, 0.717) is 17.3 Å². The first-order valence-electron chi connectivity index (χ1n) is 6.04. The van der Waals surface area contributed by atoms with Gasteiger partial charge in [0.25, 0.3) is 0 Å². The van der Waals surface area contributed by atoms with Crippen molar-refractivity contribution in [3.05, 3.63) is 12.2 Å². The van der Waals surface area contributed by atoms with Crippen molar-refractivity contribution in [2.75, 3.05) is 13.7 Å². The number of methoxy groups -OCH3 is 1. The fraction of sp³-hybridized carbons (Fsp3) is 0.769. The minimum Gasteiger partial charge on any atom is -0.381 e. The zero-order chi connectivity index (χ0) is 12.0. The highest BCUT2D eigenvalue weighted by atomic mass is 32.2. The summed E-state index contributed by atoms with van der Waals surface area (Å²) in [6.45, 7) is 7.35. The average Bonchev–Trinajstić information content (AvgIpc) is 2.29. The maximum Gasteiger partial charge on any atom is 0.0647 e. The van der Waals surface area contributed by atoms with Crippen LogP contribution in [-0.4, -0.2) is 30.1 Å². The summed E-state index contributed by atoms with van der Waals surface area (Å²) in [6, 6.07) is 0. The summed E-state index contributed by atoms with van der Waals surface area (Å²) < 4.78 is 5.43. The minimum absolute atomic E-state index is 0.404. The molecule has 0 bridgehead atoms. The van der Waals surface area contributed by atoms with Gasteiger partial charge in [-0.15, -0.1) is 11.8 Å². The Hall–Kier alpha value is -0.280. The van der Waals surface area contributed by atoms with E-state index in [0.717, 1.165) is 19.4 Å². The number of rotatable bonds is 4. The predicted octanol–water partition coefficient (Wildman–Crippen LogP) is 3.53. The minimum atomic E-state index is 0.404. The van der Waals surface area contributed by atoms with Crippen LogP contribution in [0.25, 0.3) is 0 Å². The lowest BCUT2D eigenvalue weighted by atomic mass is 9.91. The van der Waals surface area contributed by atoms with Crippen LogP contribution in [0.15, 0.2) is 17.1 Å². The molecule has 0 radical (unpaired) electrons. The third-order valence-electron chi connectivity index (χ3n) is 2.99. The van der Waals surface area contributed by atoms with Gasteiger partial charge in [-0.2, -0.15) is 0 Å². The largest absolute Gasteiger partial charge is 0.381 e. The van der Waals surface area contributed by atoms with E-state index >= 15 is 0 Å². The molecule has 0 saturated carbocycles. The summed E-state index contributed by atoms with van der Waals surface area (Å²) in [7, 11) is 1.81. The number of aliphatic imine (C=N–C) groups is 1. The van der Waals surface area contributed by atoms with Crippen molar-refractivity contribution >= 4 is 16.8 Å².